The minimum absolute atomic E-state index is 0.0238. The molecule has 0 aromatic heterocycles. The number of carbonyl (C=O) groups excluding carboxylic acids is 1. The van der Waals surface area contributed by atoms with Crippen molar-refractivity contribution in [3.8, 4) is 0 Å². The van der Waals surface area contributed by atoms with Gasteiger partial charge in [-0.05, 0) is 25.2 Å². The molecule has 0 saturated carbocycles. The van der Waals surface area contributed by atoms with Gasteiger partial charge in [0.05, 0.1) is 0 Å². The molecule has 1 unspecified atom stereocenters. The van der Waals surface area contributed by atoms with Crippen LogP contribution in [0.15, 0.2) is 10.2 Å². The summed E-state index contributed by atoms with van der Waals surface area (Å²) in [4.78, 5) is 10.8. The molecule has 1 rings (SSSR count). The van der Waals surface area contributed by atoms with E-state index in [0.29, 0.717) is 5.92 Å². The van der Waals surface area contributed by atoms with Crippen LogP contribution in [0.5, 0.6) is 0 Å². The number of hydrogen-bond donors (Lipinski definition) is 1. The zero-order valence-electron chi connectivity index (χ0n) is 7.48. The molecule has 0 heterocycles. The molecule has 12 heavy (non-hydrogen) atoms. The molecule has 3 heteroatoms. The normalized spacial score (nSPS) is 24.1. The third-order valence-corrected chi connectivity index (χ3v) is 2.95. The predicted octanol–water partition coefficient (Wildman–Crippen LogP) is 2.55. The smallest absolute Gasteiger partial charge is 0.221 e. The molecular formula is C9H14BrNO. The first-order chi connectivity index (χ1) is 5.61. The van der Waals surface area contributed by atoms with E-state index in [2.05, 4.69) is 28.2 Å². The van der Waals surface area contributed by atoms with Crippen LogP contribution in [-0.4, -0.2) is 5.91 Å². The van der Waals surface area contributed by atoms with Gasteiger partial charge in [-0.25, -0.2) is 0 Å². The summed E-state index contributed by atoms with van der Waals surface area (Å²) >= 11 is 3.49. The summed E-state index contributed by atoms with van der Waals surface area (Å²) in [5, 5.41) is 2.88. The van der Waals surface area contributed by atoms with Gasteiger partial charge in [-0.2, -0.15) is 0 Å². The maximum atomic E-state index is 10.8. The minimum Gasteiger partial charge on any atom is -0.329 e. The zero-order valence-corrected chi connectivity index (χ0v) is 9.07. The van der Waals surface area contributed by atoms with Crippen LogP contribution in [0.1, 0.15) is 33.1 Å². The van der Waals surface area contributed by atoms with Gasteiger partial charge >= 0.3 is 0 Å². The van der Waals surface area contributed by atoms with Crippen LogP contribution in [0, 0.1) is 5.92 Å². The van der Waals surface area contributed by atoms with Crippen molar-refractivity contribution in [1.29, 1.82) is 0 Å². The number of amides is 1. The fourth-order valence-corrected chi connectivity index (χ4v) is 2.26. The highest BCUT2D eigenvalue weighted by atomic mass is 79.9. The van der Waals surface area contributed by atoms with E-state index in [1.165, 1.54) is 12.8 Å². The summed E-state index contributed by atoms with van der Waals surface area (Å²) in [6.45, 7) is 3.69. The summed E-state index contributed by atoms with van der Waals surface area (Å²) in [5.74, 6) is 0.507. The molecule has 0 aliphatic heterocycles. The molecule has 2 nitrogen and oxygen atoms in total. The van der Waals surface area contributed by atoms with Crippen LogP contribution >= 0.6 is 15.9 Å². The molecule has 0 radical (unpaired) electrons. The molecule has 0 aromatic rings. The third kappa shape index (κ3) is 2.34. The van der Waals surface area contributed by atoms with Crippen LogP contribution in [0.25, 0.3) is 0 Å². The minimum atomic E-state index is 0.0238. The maximum Gasteiger partial charge on any atom is 0.221 e. The Hall–Kier alpha value is -0.310. The Morgan fingerprint density at radius 3 is 2.83 bits per heavy atom. The third-order valence-electron chi connectivity index (χ3n) is 2.13. The Balaban J connectivity index is 2.74. The van der Waals surface area contributed by atoms with E-state index in [4.69, 9.17) is 0 Å². The molecule has 1 aliphatic rings. The van der Waals surface area contributed by atoms with E-state index < -0.39 is 0 Å². The van der Waals surface area contributed by atoms with Gasteiger partial charge in [-0.3, -0.25) is 4.79 Å². The van der Waals surface area contributed by atoms with E-state index in [-0.39, 0.29) is 5.91 Å². The fourth-order valence-electron chi connectivity index (χ4n) is 1.49. The molecule has 0 aromatic carbocycles. The first-order valence-electron chi connectivity index (χ1n) is 4.27. The molecule has 1 atom stereocenters. The lowest BCUT2D eigenvalue weighted by Gasteiger charge is -2.23. The molecule has 0 saturated heterocycles. The van der Waals surface area contributed by atoms with Crippen LogP contribution in [0.3, 0.4) is 0 Å². The second kappa shape index (κ2) is 4.08. The monoisotopic (exact) mass is 231 g/mol. The Morgan fingerprint density at radius 1 is 1.67 bits per heavy atom. The average molecular weight is 232 g/mol. The van der Waals surface area contributed by atoms with Crippen LogP contribution in [0.4, 0.5) is 0 Å². The average Bonchev–Trinajstić information content (AvgIpc) is 1.97. The SMILES string of the molecule is CC(=O)NC1=C(Br)CCCC1C. The molecule has 0 spiro atoms. The zero-order chi connectivity index (χ0) is 9.14. The van der Waals surface area contributed by atoms with Gasteiger partial charge < -0.3 is 5.32 Å². The number of halogens is 1. The summed E-state index contributed by atoms with van der Waals surface area (Å²) in [6.07, 6.45) is 3.44. The fraction of sp³-hybridized carbons (Fsp3) is 0.667. The maximum absolute atomic E-state index is 10.8. The van der Waals surface area contributed by atoms with Gasteiger partial charge in [0.25, 0.3) is 0 Å². The highest BCUT2D eigenvalue weighted by molar-refractivity contribution is 9.11. The van der Waals surface area contributed by atoms with Crippen molar-refractivity contribution >= 4 is 21.8 Å². The first-order valence-corrected chi connectivity index (χ1v) is 5.06. The molecule has 0 bridgehead atoms. The van der Waals surface area contributed by atoms with Gasteiger partial charge in [-0.15, -0.1) is 0 Å². The Bertz CT molecular complexity index is 223. The van der Waals surface area contributed by atoms with Crippen molar-refractivity contribution in [2.24, 2.45) is 5.92 Å². The van der Waals surface area contributed by atoms with E-state index in [1.54, 1.807) is 6.92 Å². The standard InChI is InChI=1S/C9H14BrNO/c1-6-4-3-5-8(10)9(6)11-7(2)12/h6H,3-5H2,1-2H3,(H,11,12). The second-order valence-corrected chi connectivity index (χ2v) is 4.25. The van der Waals surface area contributed by atoms with Gasteiger partial charge in [0.15, 0.2) is 0 Å². The summed E-state index contributed by atoms with van der Waals surface area (Å²) in [5.41, 5.74) is 1.08. The summed E-state index contributed by atoms with van der Waals surface area (Å²) < 4.78 is 1.16. The number of allylic oxidation sites excluding steroid dienone is 2. The van der Waals surface area contributed by atoms with Crippen molar-refractivity contribution in [2.75, 3.05) is 0 Å². The van der Waals surface area contributed by atoms with Gasteiger partial charge in [0.2, 0.25) is 5.91 Å². The highest BCUT2D eigenvalue weighted by Gasteiger charge is 2.18. The van der Waals surface area contributed by atoms with E-state index in [9.17, 15) is 4.79 Å². The summed E-state index contributed by atoms with van der Waals surface area (Å²) in [7, 11) is 0. The highest BCUT2D eigenvalue weighted by Crippen LogP contribution is 2.31. The molecule has 1 N–H and O–H groups in total. The van der Waals surface area contributed by atoms with Crippen LogP contribution in [0.2, 0.25) is 0 Å². The second-order valence-electron chi connectivity index (χ2n) is 3.29. The van der Waals surface area contributed by atoms with Crippen molar-refractivity contribution in [3.63, 3.8) is 0 Å². The largest absolute Gasteiger partial charge is 0.329 e. The lowest BCUT2D eigenvalue weighted by Crippen LogP contribution is -2.26. The Morgan fingerprint density at radius 2 is 2.33 bits per heavy atom. The van der Waals surface area contributed by atoms with E-state index in [0.717, 1.165) is 16.6 Å². The molecule has 1 aliphatic carbocycles. The topological polar surface area (TPSA) is 29.1 Å². The lowest BCUT2D eigenvalue weighted by atomic mass is 9.94. The van der Waals surface area contributed by atoms with Crippen molar-refractivity contribution in [2.45, 2.75) is 33.1 Å². The first kappa shape index (κ1) is 9.78. The van der Waals surface area contributed by atoms with Crippen molar-refractivity contribution in [1.82, 2.24) is 5.32 Å². The van der Waals surface area contributed by atoms with E-state index >= 15 is 0 Å². The Labute approximate surface area is 81.5 Å². The molecule has 1 amide bonds. The number of rotatable bonds is 1. The van der Waals surface area contributed by atoms with Gasteiger partial charge in [0.1, 0.15) is 0 Å². The molecular weight excluding hydrogens is 218 g/mol. The number of hydrogen-bond acceptors (Lipinski definition) is 1. The van der Waals surface area contributed by atoms with Gasteiger partial charge in [-0.1, -0.05) is 22.9 Å². The van der Waals surface area contributed by atoms with Gasteiger partial charge in [0, 0.05) is 17.1 Å². The molecule has 0 fully saturated rings. The Kier molecular flexibility index (Phi) is 3.32. The summed E-state index contributed by atoms with van der Waals surface area (Å²) in [6, 6.07) is 0. The van der Waals surface area contributed by atoms with Crippen LogP contribution in [-0.2, 0) is 4.79 Å². The van der Waals surface area contributed by atoms with Crippen molar-refractivity contribution < 1.29 is 4.79 Å². The van der Waals surface area contributed by atoms with Crippen molar-refractivity contribution in [3.05, 3.63) is 10.2 Å². The number of nitrogens with one attached hydrogen (secondary N) is 1. The molecule has 68 valence electrons. The van der Waals surface area contributed by atoms with E-state index in [1.807, 2.05) is 0 Å². The predicted molar refractivity (Wildman–Crippen MR) is 52.8 cm³/mol. The quantitative estimate of drug-likeness (QED) is 0.739. The van der Waals surface area contributed by atoms with Crippen LogP contribution < -0.4 is 5.32 Å². The lowest BCUT2D eigenvalue weighted by molar-refractivity contribution is -0.118. The number of carbonyl (C=O) groups is 1.